The third kappa shape index (κ3) is 6.35. The van der Waals surface area contributed by atoms with Gasteiger partial charge in [-0.15, -0.1) is 10.1 Å². The first-order valence-electron chi connectivity index (χ1n) is 8.12. The van der Waals surface area contributed by atoms with Gasteiger partial charge in [0.05, 0.1) is 7.11 Å². The summed E-state index contributed by atoms with van der Waals surface area (Å²) in [5.74, 6) is 0.615. The number of nitrogens with one attached hydrogen (secondary N) is 1. The first-order chi connectivity index (χ1) is 13.0. The number of aryl methyl sites for hydroxylation is 1. The molecule has 0 aliphatic rings. The number of methoxy groups -OCH3 is 1. The predicted octanol–water partition coefficient (Wildman–Crippen LogP) is 3.24. The number of benzene rings is 2. The van der Waals surface area contributed by atoms with Crippen LogP contribution in [0.2, 0.25) is 0 Å². The van der Waals surface area contributed by atoms with Crippen LogP contribution in [0.25, 0.3) is 6.08 Å². The number of hydrogen-bond acceptors (Lipinski definition) is 6. The Morgan fingerprint density at radius 2 is 1.96 bits per heavy atom. The average Bonchev–Trinajstić information content (AvgIpc) is 2.65. The lowest BCUT2D eigenvalue weighted by molar-refractivity contribution is -0.757. The summed E-state index contributed by atoms with van der Waals surface area (Å²) >= 11 is 0. The van der Waals surface area contributed by atoms with E-state index < -0.39 is 5.09 Å². The maximum Gasteiger partial charge on any atom is 0.294 e. The van der Waals surface area contributed by atoms with Crippen molar-refractivity contribution in [2.45, 2.75) is 6.92 Å². The Morgan fingerprint density at radius 3 is 2.67 bits per heavy atom. The number of para-hydroxylation sites is 1. The predicted molar refractivity (Wildman–Crippen MR) is 100 cm³/mol. The fourth-order valence-electron chi connectivity index (χ4n) is 2.23. The summed E-state index contributed by atoms with van der Waals surface area (Å²) in [5.41, 5.74) is 2.47. The highest BCUT2D eigenvalue weighted by atomic mass is 17.0. The second-order valence-corrected chi connectivity index (χ2v) is 5.45. The molecule has 27 heavy (non-hydrogen) atoms. The number of rotatable bonds is 9. The lowest BCUT2D eigenvalue weighted by atomic mass is 10.1. The third-order valence-electron chi connectivity index (χ3n) is 3.56. The summed E-state index contributed by atoms with van der Waals surface area (Å²) in [6, 6.07) is 12.6. The molecule has 1 amide bonds. The van der Waals surface area contributed by atoms with Crippen LogP contribution in [0.5, 0.6) is 11.5 Å². The Bertz CT molecular complexity index is 835. The van der Waals surface area contributed by atoms with Crippen LogP contribution >= 0.6 is 0 Å². The zero-order valence-corrected chi connectivity index (χ0v) is 15.0. The first-order valence-corrected chi connectivity index (χ1v) is 8.12. The van der Waals surface area contributed by atoms with Crippen molar-refractivity contribution < 1.29 is 24.2 Å². The number of hydrogen-bond donors (Lipinski definition) is 1. The van der Waals surface area contributed by atoms with Crippen molar-refractivity contribution in [2.24, 2.45) is 0 Å². The lowest BCUT2D eigenvalue weighted by Crippen LogP contribution is -2.10. The van der Waals surface area contributed by atoms with Crippen LogP contribution in [0, 0.1) is 17.0 Å². The second kappa shape index (κ2) is 9.81. The summed E-state index contributed by atoms with van der Waals surface area (Å²) in [7, 11) is 1.48. The van der Waals surface area contributed by atoms with Crippen molar-refractivity contribution in [3.63, 3.8) is 0 Å². The van der Waals surface area contributed by atoms with Gasteiger partial charge in [-0.1, -0.05) is 24.3 Å². The minimum Gasteiger partial charge on any atom is -0.493 e. The SMILES string of the molecule is COc1cc(/C=C/C(=O)Nc2ccccc2C)ccc1OCCO[N+](=O)[O-]. The van der Waals surface area contributed by atoms with Gasteiger partial charge < -0.3 is 19.6 Å². The van der Waals surface area contributed by atoms with E-state index in [1.165, 1.54) is 13.2 Å². The minimum absolute atomic E-state index is 0.00532. The van der Waals surface area contributed by atoms with Crippen LogP contribution in [0.15, 0.2) is 48.5 Å². The van der Waals surface area contributed by atoms with Gasteiger partial charge >= 0.3 is 0 Å². The highest BCUT2D eigenvalue weighted by molar-refractivity contribution is 6.02. The summed E-state index contributed by atoms with van der Waals surface area (Å²) in [6.07, 6.45) is 3.07. The molecule has 0 unspecified atom stereocenters. The van der Waals surface area contributed by atoms with Crippen molar-refractivity contribution in [3.8, 4) is 11.5 Å². The maximum absolute atomic E-state index is 12.1. The quantitative estimate of drug-likeness (QED) is 0.314. The van der Waals surface area contributed by atoms with Crippen molar-refractivity contribution in [3.05, 3.63) is 69.8 Å². The molecular weight excluding hydrogens is 352 g/mol. The van der Waals surface area contributed by atoms with Crippen LogP contribution in [0.3, 0.4) is 0 Å². The molecule has 0 bridgehead atoms. The topological polar surface area (TPSA) is 99.9 Å². The van der Waals surface area contributed by atoms with E-state index in [-0.39, 0.29) is 19.1 Å². The summed E-state index contributed by atoms with van der Waals surface area (Å²) in [5, 5.41) is 12.0. The van der Waals surface area contributed by atoms with E-state index in [1.54, 1.807) is 24.3 Å². The van der Waals surface area contributed by atoms with Crippen LogP contribution in [-0.2, 0) is 9.63 Å². The Hall–Kier alpha value is -3.55. The number of anilines is 1. The van der Waals surface area contributed by atoms with Crippen LogP contribution < -0.4 is 14.8 Å². The summed E-state index contributed by atoms with van der Waals surface area (Å²) in [6.45, 7) is 1.74. The molecule has 0 heterocycles. The summed E-state index contributed by atoms with van der Waals surface area (Å²) < 4.78 is 10.6. The molecular formula is C19H20N2O6. The number of amides is 1. The van der Waals surface area contributed by atoms with Gasteiger partial charge in [0.25, 0.3) is 5.09 Å². The van der Waals surface area contributed by atoms with Gasteiger partial charge in [0.1, 0.15) is 13.2 Å². The highest BCUT2D eigenvalue weighted by Crippen LogP contribution is 2.28. The molecule has 2 rings (SSSR count). The van der Waals surface area contributed by atoms with Crippen molar-refractivity contribution in [2.75, 3.05) is 25.6 Å². The van der Waals surface area contributed by atoms with E-state index in [1.807, 2.05) is 31.2 Å². The fourth-order valence-corrected chi connectivity index (χ4v) is 2.23. The number of carbonyl (C=O) groups excluding carboxylic acids is 1. The van der Waals surface area contributed by atoms with E-state index in [0.717, 1.165) is 16.8 Å². The molecule has 2 aromatic rings. The highest BCUT2D eigenvalue weighted by Gasteiger charge is 2.06. The smallest absolute Gasteiger partial charge is 0.294 e. The van der Waals surface area contributed by atoms with E-state index in [4.69, 9.17) is 9.47 Å². The van der Waals surface area contributed by atoms with Crippen LogP contribution in [-0.4, -0.2) is 31.3 Å². The molecule has 8 heteroatoms. The number of nitrogens with zero attached hydrogens (tertiary/aromatic N) is 1. The van der Waals surface area contributed by atoms with Gasteiger partial charge in [-0.25, -0.2) is 0 Å². The number of ether oxygens (including phenoxy) is 2. The first kappa shape index (κ1) is 19.8. The zero-order valence-electron chi connectivity index (χ0n) is 15.0. The van der Waals surface area contributed by atoms with Crippen molar-refractivity contribution >= 4 is 17.7 Å². The molecule has 0 saturated heterocycles. The molecule has 8 nitrogen and oxygen atoms in total. The Kier molecular flexibility index (Phi) is 7.18. The Morgan fingerprint density at radius 1 is 1.19 bits per heavy atom. The van der Waals surface area contributed by atoms with Crippen LogP contribution in [0.1, 0.15) is 11.1 Å². The molecule has 2 aromatic carbocycles. The van der Waals surface area contributed by atoms with Crippen molar-refractivity contribution in [1.29, 1.82) is 0 Å². The lowest BCUT2D eigenvalue weighted by Gasteiger charge is -2.11. The summed E-state index contributed by atoms with van der Waals surface area (Å²) in [4.78, 5) is 26.4. The normalized spacial score (nSPS) is 10.4. The molecule has 142 valence electrons. The number of carbonyl (C=O) groups is 1. The molecule has 0 saturated carbocycles. The van der Waals surface area contributed by atoms with E-state index in [0.29, 0.717) is 11.5 Å². The molecule has 0 aliphatic heterocycles. The minimum atomic E-state index is -0.879. The maximum atomic E-state index is 12.1. The fraction of sp³-hybridized carbons (Fsp3) is 0.211. The molecule has 0 fully saturated rings. The van der Waals surface area contributed by atoms with Crippen molar-refractivity contribution in [1.82, 2.24) is 0 Å². The van der Waals surface area contributed by atoms with Gasteiger partial charge in [0.2, 0.25) is 5.91 Å². The molecule has 0 aliphatic carbocycles. The van der Waals surface area contributed by atoms with E-state index >= 15 is 0 Å². The molecule has 0 atom stereocenters. The van der Waals surface area contributed by atoms with Crippen LogP contribution in [0.4, 0.5) is 5.69 Å². The monoisotopic (exact) mass is 372 g/mol. The Balaban J connectivity index is 1.97. The largest absolute Gasteiger partial charge is 0.493 e. The standard InChI is InChI=1S/C19H20N2O6/c1-14-5-3-4-6-16(14)20-19(22)10-8-15-7-9-17(18(13-15)25-2)26-11-12-27-21(23)24/h3-10,13H,11-12H2,1-2H3,(H,20,22)/b10-8+. The zero-order chi connectivity index (χ0) is 19.6. The molecule has 0 spiro atoms. The molecule has 0 aromatic heterocycles. The van der Waals surface area contributed by atoms with E-state index in [9.17, 15) is 14.9 Å². The average molecular weight is 372 g/mol. The van der Waals surface area contributed by atoms with Gasteiger partial charge in [-0.2, -0.15) is 0 Å². The van der Waals surface area contributed by atoms with Gasteiger partial charge in [-0.3, -0.25) is 4.79 Å². The molecule has 1 N–H and O–H groups in total. The van der Waals surface area contributed by atoms with E-state index in [2.05, 4.69) is 10.2 Å². The van der Waals surface area contributed by atoms with Gasteiger partial charge in [-0.05, 0) is 42.3 Å². The van der Waals surface area contributed by atoms with Gasteiger partial charge in [0.15, 0.2) is 11.5 Å². The second-order valence-electron chi connectivity index (χ2n) is 5.45. The Labute approximate surface area is 156 Å². The molecule has 0 radical (unpaired) electrons. The third-order valence-corrected chi connectivity index (χ3v) is 3.56. The van der Waals surface area contributed by atoms with Gasteiger partial charge in [0, 0.05) is 11.8 Å².